The predicted octanol–water partition coefficient (Wildman–Crippen LogP) is 2.28. The van der Waals surface area contributed by atoms with Crippen LogP contribution in [0.2, 0.25) is 5.02 Å². The lowest BCUT2D eigenvalue weighted by Gasteiger charge is -2.07. The number of aromatic nitrogens is 3. The molecule has 0 aliphatic rings. The average Bonchev–Trinajstić information content (AvgIpc) is 2.87. The van der Waals surface area contributed by atoms with Crippen molar-refractivity contribution in [1.29, 1.82) is 0 Å². The smallest absolute Gasteiger partial charge is 0.390 e. The van der Waals surface area contributed by atoms with Crippen LogP contribution in [-0.2, 0) is 0 Å². The third-order valence-electron chi connectivity index (χ3n) is 2.56. The van der Waals surface area contributed by atoms with Crippen molar-refractivity contribution in [3.63, 3.8) is 0 Å². The molecule has 0 N–H and O–H groups in total. The highest BCUT2D eigenvalue weighted by Gasteiger charge is 2.23. The highest BCUT2D eigenvalue weighted by atomic mass is 35.5. The van der Waals surface area contributed by atoms with Gasteiger partial charge in [-0.1, -0.05) is 16.6 Å². The van der Waals surface area contributed by atoms with Crippen molar-refractivity contribution in [3.8, 4) is 0 Å². The molecule has 0 radical (unpaired) electrons. The Bertz CT molecular complexity index is 623. The van der Waals surface area contributed by atoms with Crippen molar-refractivity contribution < 1.29 is 9.72 Å². The summed E-state index contributed by atoms with van der Waals surface area (Å²) in [6, 6.07) is 5.71. The van der Waals surface area contributed by atoms with Crippen LogP contribution in [0.5, 0.6) is 0 Å². The number of ketones is 1. The van der Waals surface area contributed by atoms with Gasteiger partial charge in [0.05, 0.1) is 0 Å². The van der Waals surface area contributed by atoms with E-state index in [1.807, 2.05) is 0 Å². The van der Waals surface area contributed by atoms with Gasteiger partial charge in [0.1, 0.15) is 6.04 Å². The highest BCUT2D eigenvalue weighted by molar-refractivity contribution is 6.30. The SMILES string of the molecule is CC(C(=O)c1ccc(Cl)cc1)n1cnc([N+](=O)[O-])n1. The molecular weight excluding hydrogens is 272 g/mol. The molecular formula is C11H9ClN4O3. The van der Waals surface area contributed by atoms with Crippen LogP contribution in [0, 0.1) is 10.1 Å². The Morgan fingerprint density at radius 3 is 2.58 bits per heavy atom. The number of rotatable bonds is 4. The maximum Gasteiger partial charge on any atom is 0.490 e. The van der Waals surface area contributed by atoms with Gasteiger partial charge < -0.3 is 10.1 Å². The topological polar surface area (TPSA) is 90.9 Å². The van der Waals surface area contributed by atoms with Gasteiger partial charge in [-0.3, -0.25) is 4.79 Å². The largest absolute Gasteiger partial charge is 0.490 e. The zero-order chi connectivity index (χ0) is 14.0. The van der Waals surface area contributed by atoms with Crippen LogP contribution in [0.3, 0.4) is 0 Å². The van der Waals surface area contributed by atoms with Crippen LogP contribution in [0.4, 0.5) is 5.95 Å². The minimum absolute atomic E-state index is 0.225. The fourth-order valence-corrected chi connectivity index (χ4v) is 1.64. The molecule has 1 aromatic carbocycles. The summed E-state index contributed by atoms with van der Waals surface area (Å²) < 4.78 is 1.16. The molecule has 0 amide bonds. The number of hydrogen-bond donors (Lipinski definition) is 0. The van der Waals surface area contributed by atoms with Gasteiger partial charge in [0.15, 0.2) is 5.78 Å². The molecule has 1 unspecified atom stereocenters. The molecule has 0 saturated heterocycles. The normalized spacial score (nSPS) is 12.1. The van der Waals surface area contributed by atoms with Crippen molar-refractivity contribution in [2.24, 2.45) is 0 Å². The minimum Gasteiger partial charge on any atom is -0.390 e. The number of nitro groups is 1. The summed E-state index contributed by atoms with van der Waals surface area (Å²) in [5.41, 5.74) is 0.454. The van der Waals surface area contributed by atoms with Crippen LogP contribution < -0.4 is 0 Å². The summed E-state index contributed by atoms with van der Waals surface area (Å²) in [6.07, 6.45) is 1.16. The van der Waals surface area contributed by atoms with E-state index >= 15 is 0 Å². The van der Waals surface area contributed by atoms with Gasteiger partial charge in [-0.2, -0.15) is 4.68 Å². The first-order valence-electron chi connectivity index (χ1n) is 5.34. The van der Waals surface area contributed by atoms with Gasteiger partial charge >= 0.3 is 5.95 Å². The number of nitrogens with zero attached hydrogens (tertiary/aromatic N) is 4. The fourth-order valence-electron chi connectivity index (χ4n) is 1.51. The zero-order valence-electron chi connectivity index (χ0n) is 9.86. The zero-order valence-corrected chi connectivity index (χ0v) is 10.6. The summed E-state index contributed by atoms with van der Waals surface area (Å²) >= 11 is 5.74. The summed E-state index contributed by atoms with van der Waals surface area (Å²) in [7, 11) is 0. The fraction of sp³-hybridized carbons (Fsp3) is 0.182. The van der Waals surface area contributed by atoms with Gasteiger partial charge in [0.2, 0.25) is 6.33 Å². The van der Waals surface area contributed by atoms with Crippen molar-refractivity contribution in [2.75, 3.05) is 0 Å². The van der Waals surface area contributed by atoms with Crippen LogP contribution in [-0.4, -0.2) is 25.5 Å². The van der Waals surface area contributed by atoms with E-state index in [4.69, 9.17) is 11.6 Å². The van der Waals surface area contributed by atoms with E-state index in [1.165, 1.54) is 0 Å². The number of carbonyl (C=O) groups excluding carboxylic acids is 1. The third-order valence-corrected chi connectivity index (χ3v) is 2.82. The summed E-state index contributed by atoms with van der Waals surface area (Å²) in [6.45, 7) is 1.59. The molecule has 1 aromatic heterocycles. The number of carbonyl (C=O) groups is 1. The molecule has 2 aromatic rings. The Morgan fingerprint density at radius 2 is 2.05 bits per heavy atom. The quantitative estimate of drug-likeness (QED) is 0.487. The lowest BCUT2D eigenvalue weighted by Crippen LogP contribution is -2.17. The van der Waals surface area contributed by atoms with Crippen LogP contribution in [0.1, 0.15) is 23.3 Å². The van der Waals surface area contributed by atoms with E-state index in [0.29, 0.717) is 10.6 Å². The maximum absolute atomic E-state index is 12.1. The maximum atomic E-state index is 12.1. The van der Waals surface area contributed by atoms with Crippen LogP contribution in [0.15, 0.2) is 30.6 Å². The van der Waals surface area contributed by atoms with E-state index < -0.39 is 16.9 Å². The summed E-state index contributed by atoms with van der Waals surface area (Å²) in [5.74, 6) is -0.757. The van der Waals surface area contributed by atoms with Crippen molar-refractivity contribution in [3.05, 3.63) is 51.3 Å². The molecule has 0 aliphatic carbocycles. The molecule has 0 saturated carbocycles. The van der Waals surface area contributed by atoms with Gasteiger partial charge in [-0.15, -0.1) is 0 Å². The highest BCUT2D eigenvalue weighted by Crippen LogP contribution is 2.16. The molecule has 0 spiro atoms. The van der Waals surface area contributed by atoms with Crippen molar-refractivity contribution in [2.45, 2.75) is 13.0 Å². The molecule has 19 heavy (non-hydrogen) atoms. The lowest BCUT2D eigenvalue weighted by atomic mass is 10.1. The standard InChI is InChI=1S/C11H9ClN4O3/c1-7(15-6-13-11(14-15)16(18)19)10(17)8-2-4-9(12)5-3-8/h2-7H,1H3. The van der Waals surface area contributed by atoms with E-state index in [-0.39, 0.29) is 5.78 Å². The molecule has 8 heteroatoms. The van der Waals surface area contributed by atoms with Gasteiger partial charge in [-0.25, -0.2) is 0 Å². The molecule has 7 nitrogen and oxygen atoms in total. The second kappa shape index (κ2) is 5.15. The Labute approximate surface area is 113 Å². The lowest BCUT2D eigenvalue weighted by molar-refractivity contribution is -0.394. The van der Waals surface area contributed by atoms with Gasteiger partial charge in [-0.05, 0) is 36.1 Å². The summed E-state index contributed by atoms with van der Waals surface area (Å²) in [4.78, 5) is 25.4. The van der Waals surface area contributed by atoms with E-state index in [2.05, 4.69) is 10.1 Å². The molecule has 2 rings (SSSR count). The summed E-state index contributed by atoms with van der Waals surface area (Å²) in [5, 5.41) is 14.6. The molecule has 1 atom stereocenters. The first-order valence-corrected chi connectivity index (χ1v) is 5.72. The predicted molar refractivity (Wildman–Crippen MR) is 67.2 cm³/mol. The van der Waals surface area contributed by atoms with Crippen molar-refractivity contribution in [1.82, 2.24) is 14.8 Å². The van der Waals surface area contributed by atoms with Crippen molar-refractivity contribution >= 4 is 23.3 Å². The molecule has 98 valence electrons. The van der Waals surface area contributed by atoms with E-state index in [0.717, 1.165) is 11.0 Å². The first kappa shape index (κ1) is 13.2. The average molecular weight is 281 g/mol. The second-order valence-corrected chi connectivity index (χ2v) is 4.27. The Morgan fingerprint density at radius 1 is 1.42 bits per heavy atom. The third kappa shape index (κ3) is 2.76. The Hall–Kier alpha value is -2.28. The van der Waals surface area contributed by atoms with E-state index in [1.54, 1.807) is 31.2 Å². The van der Waals surface area contributed by atoms with E-state index in [9.17, 15) is 14.9 Å². The number of hydrogen-bond acceptors (Lipinski definition) is 5. The second-order valence-electron chi connectivity index (χ2n) is 3.83. The molecule has 1 heterocycles. The van der Waals surface area contributed by atoms with Crippen LogP contribution >= 0.6 is 11.6 Å². The molecule has 0 bridgehead atoms. The number of Topliss-reactive ketones (excluding diaryl/α,β-unsaturated/α-hetero) is 1. The Kier molecular flexibility index (Phi) is 3.57. The monoisotopic (exact) mass is 280 g/mol. The Balaban J connectivity index is 2.22. The van der Waals surface area contributed by atoms with Crippen LogP contribution in [0.25, 0.3) is 0 Å². The van der Waals surface area contributed by atoms with Gasteiger partial charge in [0, 0.05) is 15.7 Å². The number of halogens is 1. The first-order chi connectivity index (χ1) is 8.99. The van der Waals surface area contributed by atoms with Gasteiger partial charge in [0.25, 0.3) is 0 Å². The number of benzene rings is 1. The minimum atomic E-state index is -0.712. The molecule has 0 aliphatic heterocycles. The molecule has 0 fully saturated rings.